The highest BCUT2D eigenvalue weighted by atomic mass is 16.6. The highest BCUT2D eigenvalue weighted by Gasteiger charge is 2.65. The number of rotatable bonds is 5. The number of benzene rings is 2. The van der Waals surface area contributed by atoms with Gasteiger partial charge in [-0.05, 0) is 25.5 Å². The molecule has 9 heteroatoms. The molecule has 3 fully saturated rings. The average molecular weight is 435 g/mol. The van der Waals surface area contributed by atoms with E-state index in [9.17, 15) is 24.5 Å². The SMILES string of the molecule is COc1cc([N+](=O)[O-])ccc1N1C(=O)[C@H]2[C@H](C1=O)[C@@H](C(=O)c1ccccc1)N1CCC[C@H]21. The Labute approximate surface area is 183 Å². The zero-order valence-electron chi connectivity index (χ0n) is 17.3. The van der Waals surface area contributed by atoms with Gasteiger partial charge in [0, 0.05) is 17.7 Å². The summed E-state index contributed by atoms with van der Waals surface area (Å²) >= 11 is 0. The summed E-state index contributed by atoms with van der Waals surface area (Å²) in [5, 5.41) is 11.1. The van der Waals surface area contributed by atoms with Gasteiger partial charge in [0.15, 0.2) is 5.78 Å². The van der Waals surface area contributed by atoms with Crippen LogP contribution in [0.1, 0.15) is 23.2 Å². The molecule has 4 atom stereocenters. The molecule has 32 heavy (non-hydrogen) atoms. The highest BCUT2D eigenvalue weighted by molar-refractivity contribution is 6.25. The van der Waals surface area contributed by atoms with Gasteiger partial charge in [-0.25, -0.2) is 4.90 Å². The highest BCUT2D eigenvalue weighted by Crippen LogP contribution is 2.49. The molecule has 3 aliphatic heterocycles. The van der Waals surface area contributed by atoms with Crippen molar-refractivity contribution < 1.29 is 24.0 Å². The number of fused-ring (bicyclic) bond motifs is 3. The topological polar surface area (TPSA) is 110 Å². The van der Waals surface area contributed by atoms with E-state index >= 15 is 0 Å². The molecule has 2 amide bonds. The van der Waals surface area contributed by atoms with Crippen molar-refractivity contribution in [2.75, 3.05) is 18.6 Å². The fourth-order valence-electron chi connectivity index (χ4n) is 5.49. The zero-order valence-corrected chi connectivity index (χ0v) is 17.3. The summed E-state index contributed by atoms with van der Waals surface area (Å²) in [6.07, 6.45) is 1.60. The molecule has 0 unspecified atom stereocenters. The minimum Gasteiger partial charge on any atom is -0.494 e. The Morgan fingerprint density at radius 1 is 1.09 bits per heavy atom. The first-order valence-electron chi connectivity index (χ1n) is 10.5. The molecule has 3 heterocycles. The predicted molar refractivity (Wildman–Crippen MR) is 113 cm³/mol. The van der Waals surface area contributed by atoms with Gasteiger partial charge in [-0.1, -0.05) is 30.3 Å². The Bertz CT molecular complexity index is 1130. The van der Waals surface area contributed by atoms with Gasteiger partial charge in [-0.2, -0.15) is 0 Å². The Balaban J connectivity index is 1.56. The van der Waals surface area contributed by atoms with Crippen LogP contribution in [0.3, 0.4) is 0 Å². The summed E-state index contributed by atoms with van der Waals surface area (Å²) in [4.78, 5) is 54.2. The van der Waals surface area contributed by atoms with Crippen molar-refractivity contribution in [3.63, 3.8) is 0 Å². The average Bonchev–Trinajstić information content (AvgIpc) is 3.45. The normalized spacial score (nSPS) is 26.8. The molecule has 5 rings (SSSR count). The fraction of sp³-hybridized carbons (Fsp3) is 0.348. The molecule has 0 aliphatic carbocycles. The van der Waals surface area contributed by atoms with E-state index in [1.54, 1.807) is 24.3 Å². The van der Waals surface area contributed by atoms with Gasteiger partial charge >= 0.3 is 0 Å². The molecular formula is C23H21N3O6. The van der Waals surface area contributed by atoms with Gasteiger partial charge in [0.05, 0.1) is 41.7 Å². The number of Topliss-reactive ketones (excluding diaryl/α,β-unsaturated/α-hetero) is 1. The van der Waals surface area contributed by atoms with Crippen LogP contribution in [0.25, 0.3) is 0 Å². The van der Waals surface area contributed by atoms with Crippen molar-refractivity contribution in [3.05, 3.63) is 64.2 Å². The third-order valence-electron chi connectivity index (χ3n) is 6.79. The van der Waals surface area contributed by atoms with Gasteiger partial charge in [0.1, 0.15) is 5.75 Å². The largest absolute Gasteiger partial charge is 0.494 e. The number of carbonyl (C=O) groups is 3. The quantitative estimate of drug-likeness (QED) is 0.307. The van der Waals surface area contributed by atoms with Crippen LogP contribution < -0.4 is 9.64 Å². The number of anilines is 1. The second kappa shape index (κ2) is 7.52. The van der Waals surface area contributed by atoms with E-state index in [1.807, 2.05) is 11.0 Å². The van der Waals surface area contributed by atoms with E-state index in [0.717, 1.165) is 17.7 Å². The van der Waals surface area contributed by atoms with Gasteiger partial charge in [0.2, 0.25) is 11.8 Å². The molecule has 0 N–H and O–H groups in total. The molecule has 0 aromatic heterocycles. The molecular weight excluding hydrogens is 414 g/mol. The number of ether oxygens (including phenoxy) is 1. The number of nitro benzene ring substituents is 1. The number of methoxy groups -OCH3 is 1. The molecule has 2 aromatic rings. The molecule has 3 saturated heterocycles. The van der Waals surface area contributed by atoms with Gasteiger partial charge in [-0.15, -0.1) is 0 Å². The molecule has 0 saturated carbocycles. The van der Waals surface area contributed by atoms with E-state index in [0.29, 0.717) is 12.1 Å². The first-order valence-corrected chi connectivity index (χ1v) is 10.5. The van der Waals surface area contributed by atoms with Crippen LogP contribution in [-0.4, -0.2) is 53.2 Å². The molecule has 0 radical (unpaired) electrons. The molecule has 9 nitrogen and oxygen atoms in total. The maximum atomic E-state index is 13.6. The first kappa shape index (κ1) is 20.3. The summed E-state index contributed by atoms with van der Waals surface area (Å²) in [6, 6.07) is 11.7. The minimum atomic E-state index is -0.791. The number of carbonyl (C=O) groups excluding carboxylic acids is 3. The molecule has 164 valence electrons. The number of hydrogen-bond donors (Lipinski definition) is 0. The summed E-state index contributed by atoms with van der Waals surface area (Å²) in [7, 11) is 1.33. The van der Waals surface area contributed by atoms with Crippen molar-refractivity contribution in [2.45, 2.75) is 24.9 Å². The maximum absolute atomic E-state index is 13.6. The predicted octanol–water partition coefficient (Wildman–Crippen LogP) is 2.44. The summed E-state index contributed by atoms with van der Waals surface area (Å²) in [5.41, 5.74) is 0.470. The lowest BCUT2D eigenvalue weighted by atomic mass is 9.85. The third kappa shape index (κ3) is 2.85. The van der Waals surface area contributed by atoms with Crippen LogP contribution >= 0.6 is 0 Å². The third-order valence-corrected chi connectivity index (χ3v) is 6.79. The van der Waals surface area contributed by atoms with Crippen molar-refractivity contribution in [1.82, 2.24) is 4.90 Å². The molecule has 0 bridgehead atoms. The van der Waals surface area contributed by atoms with Gasteiger partial charge in [0.25, 0.3) is 5.69 Å². The summed E-state index contributed by atoms with van der Waals surface area (Å²) in [6.45, 7) is 0.669. The van der Waals surface area contributed by atoms with Crippen molar-refractivity contribution in [3.8, 4) is 5.75 Å². The Hall–Kier alpha value is -3.59. The number of nitrogens with zero attached hydrogens (tertiary/aromatic N) is 3. The van der Waals surface area contributed by atoms with Crippen molar-refractivity contribution in [1.29, 1.82) is 0 Å². The first-order chi connectivity index (χ1) is 15.4. The minimum absolute atomic E-state index is 0.0649. The lowest BCUT2D eigenvalue weighted by Gasteiger charge is -2.28. The van der Waals surface area contributed by atoms with Crippen LogP contribution in [-0.2, 0) is 9.59 Å². The van der Waals surface area contributed by atoms with Gasteiger partial charge in [-0.3, -0.25) is 29.4 Å². The van der Waals surface area contributed by atoms with Crippen molar-refractivity contribution in [2.24, 2.45) is 11.8 Å². The number of imide groups is 1. The number of hydrogen-bond acceptors (Lipinski definition) is 7. The lowest BCUT2D eigenvalue weighted by molar-refractivity contribution is -0.384. The van der Waals surface area contributed by atoms with Crippen molar-refractivity contribution >= 4 is 29.0 Å². The monoisotopic (exact) mass is 435 g/mol. The van der Waals surface area contributed by atoms with Crippen LogP contribution in [0, 0.1) is 22.0 Å². The van der Waals surface area contributed by atoms with E-state index in [2.05, 4.69) is 0 Å². The van der Waals surface area contributed by atoms with Crippen LogP contribution in [0.2, 0.25) is 0 Å². The molecule has 3 aliphatic rings. The zero-order chi connectivity index (χ0) is 22.6. The van der Waals surface area contributed by atoms with E-state index in [1.165, 1.54) is 25.3 Å². The Morgan fingerprint density at radius 3 is 2.50 bits per heavy atom. The standard InChI is InChI=1S/C23H21N3O6/c1-32-17-12-14(26(30)31)9-10-15(17)25-22(28)18-16-8-5-11-24(16)20(19(18)23(25)29)21(27)13-6-3-2-4-7-13/h2-4,6-7,9-10,12,16,18-20H,5,8,11H2,1H3/t16-,18-,19+,20+/m1/s1. The van der Waals surface area contributed by atoms with E-state index < -0.39 is 28.7 Å². The Kier molecular flexibility index (Phi) is 4.78. The van der Waals surface area contributed by atoms with Crippen LogP contribution in [0.15, 0.2) is 48.5 Å². The number of nitro groups is 1. The second-order valence-electron chi connectivity index (χ2n) is 8.30. The smallest absolute Gasteiger partial charge is 0.273 e. The number of ketones is 1. The van der Waals surface area contributed by atoms with E-state index in [-0.39, 0.29) is 34.9 Å². The molecule has 0 spiro atoms. The van der Waals surface area contributed by atoms with E-state index in [4.69, 9.17) is 4.74 Å². The summed E-state index contributed by atoms with van der Waals surface area (Å²) < 4.78 is 5.27. The van der Waals surface area contributed by atoms with Gasteiger partial charge < -0.3 is 4.74 Å². The fourth-order valence-corrected chi connectivity index (χ4v) is 5.49. The Morgan fingerprint density at radius 2 is 1.81 bits per heavy atom. The second-order valence-corrected chi connectivity index (χ2v) is 8.30. The maximum Gasteiger partial charge on any atom is 0.273 e. The molecule has 2 aromatic carbocycles. The lowest BCUT2D eigenvalue weighted by Crippen LogP contribution is -2.46. The van der Waals surface area contributed by atoms with Crippen LogP contribution in [0.4, 0.5) is 11.4 Å². The van der Waals surface area contributed by atoms with Crippen LogP contribution in [0.5, 0.6) is 5.75 Å². The summed E-state index contributed by atoms with van der Waals surface area (Å²) in [5.74, 6) is -2.36. The number of non-ortho nitro benzene ring substituents is 1. The number of amides is 2.